The lowest BCUT2D eigenvalue weighted by Crippen LogP contribution is -2.34. The van der Waals surface area contributed by atoms with E-state index in [1.807, 2.05) is 6.07 Å². The number of hydrogen-bond donors (Lipinski definition) is 2. The smallest absolute Gasteiger partial charge is 0.347 e. The third-order valence-electron chi connectivity index (χ3n) is 3.42. The van der Waals surface area contributed by atoms with Crippen molar-refractivity contribution >= 4 is 40.6 Å². The van der Waals surface area contributed by atoms with Gasteiger partial charge >= 0.3 is 5.97 Å². The normalized spacial score (nSPS) is 13.1. The highest BCUT2D eigenvalue weighted by atomic mass is 32.1. The number of ketones is 1. The van der Waals surface area contributed by atoms with E-state index >= 15 is 0 Å². The van der Waals surface area contributed by atoms with Crippen LogP contribution in [0.4, 0.5) is 5.69 Å². The lowest BCUT2D eigenvalue weighted by atomic mass is 10.2. The molecule has 8 nitrogen and oxygen atoms in total. The summed E-state index contributed by atoms with van der Waals surface area (Å²) in [4.78, 5) is 48.0. The van der Waals surface area contributed by atoms with E-state index < -0.39 is 30.2 Å². The number of hydrogen-bond acceptors (Lipinski definition) is 8. The van der Waals surface area contributed by atoms with E-state index in [1.54, 1.807) is 41.8 Å². The van der Waals surface area contributed by atoms with E-state index in [9.17, 15) is 19.2 Å². The van der Waals surface area contributed by atoms with Gasteiger partial charge in [-0.1, -0.05) is 24.3 Å². The Kier molecular flexibility index (Phi) is 5.62. The summed E-state index contributed by atoms with van der Waals surface area (Å²) in [5, 5.41) is 6.61. The van der Waals surface area contributed by atoms with Gasteiger partial charge in [-0.3, -0.25) is 19.7 Å². The van der Waals surface area contributed by atoms with Gasteiger partial charge < -0.3 is 14.8 Å². The summed E-state index contributed by atoms with van der Waals surface area (Å²) in [6, 6.07) is 12.0. The predicted molar refractivity (Wildman–Crippen MR) is 95.8 cm³/mol. The van der Waals surface area contributed by atoms with Gasteiger partial charge in [-0.15, -0.1) is 11.3 Å². The van der Waals surface area contributed by atoms with Crippen LogP contribution in [0.2, 0.25) is 0 Å². The first kappa shape index (κ1) is 18.3. The van der Waals surface area contributed by atoms with Gasteiger partial charge in [-0.25, -0.2) is 4.79 Å². The maximum Gasteiger partial charge on any atom is 0.347 e. The van der Waals surface area contributed by atoms with Crippen LogP contribution in [0.5, 0.6) is 0 Å². The highest BCUT2D eigenvalue weighted by Gasteiger charge is 2.33. The van der Waals surface area contributed by atoms with Gasteiger partial charge in [0.15, 0.2) is 18.8 Å². The van der Waals surface area contributed by atoms with Crippen molar-refractivity contribution in [1.82, 2.24) is 5.32 Å². The van der Waals surface area contributed by atoms with Crippen molar-refractivity contribution in [3.63, 3.8) is 0 Å². The lowest BCUT2D eigenvalue weighted by Gasteiger charge is -2.09. The number of rotatable bonds is 6. The van der Waals surface area contributed by atoms with Crippen molar-refractivity contribution < 1.29 is 28.7 Å². The van der Waals surface area contributed by atoms with Crippen molar-refractivity contribution in [2.45, 2.75) is 0 Å². The number of ether oxygens (including phenoxy) is 2. The number of Topliss-reactive ketones (excluding diaryl/α,β-unsaturated/α-hetero) is 1. The zero-order valence-electron chi connectivity index (χ0n) is 13.9. The minimum atomic E-state index is -1.00. The lowest BCUT2D eigenvalue weighted by molar-refractivity contribution is -0.145. The van der Waals surface area contributed by atoms with Gasteiger partial charge in [-0.05, 0) is 23.6 Å². The summed E-state index contributed by atoms with van der Waals surface area (Å²) in [6.45, 7) is -1.01. The van der Waals surface area contributed by atoms with E-state index in [1.165, 1.54) is 11.3 Å². The zero-order valence-corrected chi connectivity index (χ0v) is 14.7. The molecule has 1 aromatic carbocycles. The Hall–Kier alpha value is -3.46. The van der Waals surface area contributed by atoms with Crippen LogP contribution in [0.25, 0.3) is 0 Å². The number of thiophene rings is 1. The largest absolute Gasteiger partial charge is 0.470 e. The van der Waals surface area contributed by atoms with Crippen molar-refractivity contribution in [3.05, 3.63) is 64.2 Å². The third-order valence-corrected chi connectivity index (χ3v) is 4.29. The van der Waals surface area contributed by atoms with E-state index in [-0.39, 0.29) is 18.1 Å². The minimum Gasteiger partial charge on any atom is -0.470 e. The van der Waals surface area contributed by atoms with Crippen LogP contribution in [0.15, 0.2) is 59.3 Å². The summed E-state index contributed by atoms with van der Waals surface area (Å²) in [7, 11) is 0. The molecule has 2 heterocycles. The average molecular weight is 386 g/mol. The van der Waals surface area contributed by atoms with Crippen molar-refractivity contribution in [1.29, 1.82) is 0 Å². The predicted octanol–water partition coefficient (Wildman–Crippen LogP) is 1.47. The summed E-state index contributed by atoms with van der Waals surface area (Å²) in [5.41, 5.74) is 0.308. The van der Waals surface area contributed by atoms with Crippen molar-refractivity contribution in [2.75, 3.05) is 18.5 Å². The maximum atomic E-state index is 12.2. The highest BCUT2D eigenvalue weighted by molar-refractivity contribution is 7.12. The van der Waals surface area contributed by atoms with Crippen LogP contribution in [0, 0.1) is 0 Å². The van der Waals surface area contributed by atoms with E-state index in [4.69, 9.17) is 9.47 Å². The van der Waals surface area contributed by atoms with Gasteiger partial charge in [0.2, 0.25) is 11.7 Å². The van der Waals surface area contributed by atoms with Crippen LogP contribution < -0.4 is 10.6 Å². The zero-order chi connectivity index (χ0) is 19.2. The molecule has 27 heavy (non-hydrogen) atoms. The number of nitrogens with one attached hydrogen (secondary N) is 2. The minimum absolute atomic E-state index is 0.0359. The Morgan fingerprint density at radius 3 is 2.59 bits per heavy atom. The summed E-state index contributed by atoms with van der Waals surface area (Å²) in [6.07, 6.45) is 0. The Morgan fingerprint density at radius 2 is 1.89 bits per heavy atom. The molecule has 138 valence electrons. The molecule has 1 aliphatic heterocycles. The Labute approximate surface area is 157 Å². The standard InChI is InChI=1S/C18H14N2O6S/c21-12-9-25-17(19-11-5-2-1-3-6-11)15(12)18(24)26-10-14(22)20-16(23)13-7-4-8-27-13/h1-8,19H,9-10H2,(H,20,22,23). The third kappa shape index (κ3) is 4.59. The average Bonchev–Trinajstić information content (AvgIpc) is 3.31. The molecule has 0 aliphatic carbocycles. The van der Waals surface area contributed by atoms with Gasteiger partial charge in [0.05, 0.1) is 4.88 Å². The SMILES string of the molecule is O=C(COC(=O)C1=C(Nc2ccccc2)OCC1=O)NC(=O)c1cccs1. The molecule has 0 fully saturated rings. The molecule has 1 aliphatic rings. The van der Waals surface area contributed by atoms with E-state index in [0.29, 0.717) is 10.6 Å². The molecule has 0 spiro atoms. The summed E-state index contributed by atoms with van der Waals surface area (Å²) in [5.74, 6) is -2.99. The van der Waals surface area contributed by atoms with Crippen LogP contribution in [-0.2, 0) is 23.9 Å². The monoisotopic (exact) mass is 386 g/mol. The summed E-state index contributed by atoms with van der Waals surface area (Å²) < 4.78 is 10.0. The molecule has 0 unspecified atom stereocenters. The number of benzene rings is 1. The van der Waals surface area contributed by atoms with Crippen molar-refractivity contribution in [3.8, 4) is 0 Å². The first-order chi connectivity index (χ1) is 13.0. The Balaban J connectivity index is 1.60. The molecular formula is C18H14N2O6S. The van der Waals surface area contributed by atoms with Crippen molar-refractivity contribution in [2.24, 2.45) is 0 Å². The number of anilines is 1. The molecule has 0 bridgehead atoms. The molecule has 0 atom stereocenters. The Morgan fingerprint density at radius 1 is 1.11 bits per heavy atom. The second kappa shape index (κ2) is 8.28. The van der Waals surface area contributed by atoms with Crippen LogP contribution in [0.1, 0.15) is 9.67 Å². The van der Waals surface area contributed by atoms with E-state index in [0.717, 1.165) is 0 Å². The molecule has 3 rings (SSSR count). The van der Waals surface area contributed by atoms with Gasteiger partial charge in [-0.2, -0.15) is 0 Å². The second-order valence-corrected chi connectivity index (χ2v) is 6.29. The molecule has 1 aromatic heterocycles. The molecule has 0 saturated heterocycles. The van der Waals surface area contributed by atoms with Crippen LogP contribution >= 0.6 is 11.3 Å². The molecular weight excluding hydrogens is 372 g/mol. The van der Waals surface area contributed by atoms with Gasteiger partial charge in [0.25, 0.3) is 11.8 Å². The summed E-state index contributed by atoms with van der Waals surface area (Å²) >= 11 is 1.17. The molecule has 9 heteroatoms. The topological polar surface area (TPSA) is 111 Å². The van der Waals surface area contributed by atoms with Crippen LogP contribution in [0.3, 0.4) is 0 Å². The number of amides is 2. The quantitative estimate of drug-likeness (QED) is 0.571. The molecule has 0 saturated carbocycles. The van der Waals surface area contributed by atoms with Crippen LogP contribution in [-0.4, -0.2) is 36.8 Å². The maximum absolute atomic E-state index is 12.2. The highest BCUT2D eigenvalue weighted by Crippen LogP contribution is 2.20. The van der Waals surface area contributed by atoms with Gasteiger partial charge in [0, 0.05) is 5.69 Å². The first-order valence-electron chi connectivity index (χ1n) is 7.82. The fourth-order valence-electron chi connectivity index (χ4n) is 2.20. The second-order valence-electron chi connectivity index (χ2n) is 5.34. The molecule has 0 radical (unpaired) electrons. The Bertz CT molecular complexity index is 905. The molecule has 2 N–H and O–H groups in total. The fourth-order valence-corrected chi connectivity index (χ4v) is 2.82. The number of carbonyl (C=O) groups excluding carboxylic acids is 4. The molecule has 2 aromatic rings. The number of imide groups is 1. The fraction of sp³-hybridized carbons (Fsp3) is 0.111. The first-order valence-corrected chi connectivity index (χ1v) is 8.69. The van der Waals surface area contributed by atoms with Gasteiger partial charge in [0.1, 0.15) is 0 Å². The number of esters is 1. The number of carbonyl (C=O) groups is 4. The number of para-hydroxylation sites is 1. The van der Waals surface area contributed by atoms with E-state index in [2.05, 4.69) is 10.6 Å². The molecule has 2 amide bonds.